The molecule has 9 rings (SSSR count). The lowest BCUT2D eigenvalue weighted by Crippen LogP contribution is -2.63. The third kappa shape index (κ3) is 40.8. The van der Waals surface area contributed by atoms with Crippen LogP contribution in [0.2, 0.25) is 0 Å². The van der Waals surface area contributed by atoms with Crippen molar-refractivity contribution >= 4 is 0 Å². The SMILES string of the molecule is CC.CC.CC.CC.CC.CC.CC.CC.CC.CC(C)(C)C1(C(C)(C)C)CCCCCC1.CC(C)C1(C(C)(C)C)CC1.CC(C)C1(C(C)(C)C)CCCN1.CC(C)C1(C(C)C)CCC1.CC(C)C1(C(C)C)CCC1.CC(C)C1(C(C)C)CCCC1.CC(C)C1(C(C)C)CCCCC1.CC(C)C1(C(C)C)CCN1.CC(C)C1(C(C)C)CCNC1. The van der Waals surface area contributed by atoms with E-state index in [-0.39, 0.29) is 0 Å². The molecule has 0 bridgehead atoms. The molecule has 0 aromatic carbocycles. The van der Waals surface area contributed by atoms with E-state index in [2.05, 4.69) is 293 Å². The Kier molecular flexibility index (Phi) is 78.2. The highest BCUT2D eigenvalue weighted by Crippen LogP contribution is 2.63. The van der Waals surface area contributed by atoms with Crippen molar-refractivity contribution in [2.75, 3.05) is 26.2 Å². The standard InChI is InChI=1S/C15H30.C12H24.C11H23N.C11H22.C10H21N.3C10H20.C9H19N.9C2H6/c1-13(2,3)15(14(4,5)6)11-9-7-8-10-12-15;1-10(2)12(11(3)4)8-6-5-7-9-12;1-9(2)11(10(3,4)5)7-6-8-12-11;1-9(2)11(10(3)4)7-5-6-8-11;1-8(2)10(9(3)4)5-6-11-7-10;1-8(2)10(6-7-10)9(3,4)5;2*1-8(2)10(9(3)4)6-5-7-10;1-7(2)9(8(3)4)5-6-10-9;9*1-2/h7-12H2,1-6H3;10-11H,5-9H2,1-4H3;9,12H,6-8H2,1-5H3;9-10H,5-8H2,1-4H3;8-9,11H,5-7H2,1-4H3;8H,6-7H2,1-5H3;2*8-9H,5-7H2,1-4H3;7-8,10H,5-6H2,1-4H3;9*1-2H3. The van der Waals surface area contributed by atoms with Crippen molar-refractivity contribution in [2.45, 2.75) is 586 Å². The second-order valence-corrected chi connectivity index (χ2v) is 45.1. The fraction of sp³-hybridized carbons (Fsp3) is 1.00. The monoisotopic (exact) mass is 1690 g/mol. The minimum Gasteiger partial charge on any atom is -0.316 e. The molecule has 0 aromatic rings. The molecule has 3 N–H and O–H groups in total. The van der Waals surface area contributed by atoms with Crippen LogP contribution in [0.3, 0.4) is 0 Å². The molecule has 119 heavy (non-hydrogen) atoms. The molecule has 3 saturated heterocycles. The molecule has 6 aliphatic carbocycles. The molecule has 3 heterocycles. The van der Waals surface area contributed by atoms with Crippen LogP contribution in [-0.2, 0) is 0 Å². The Balaban J connectivity index is -0.000000160. The summed E-state index contributed by atoms with van der Waals surface area (Å²) in [5.74, 6) is 11.9. The van der Waals surface area contributed by atoms with Gasteiger partial charge in [-0.1, -0.05) is 472 Å². The summed E-state index contributed by atoms with van der Waals surface area (Å²) in [6, 6.07) is 0. The maximum Gasteiger partial charge on any atom is 0.0253 e. The maximum absolute atomic E-state index is 3.71. The van der Waals surface area contributed by atoms with E-state index in [4.69, 9.17) is 0 Å². The van der Waals surface area contributed by atoms with Crippen molar-refractivity contribution < 1.29 is 0 Å². The number of nitrogens with one attached hydrogen (secondary N) is 3. The molecule has 3 nitrogen and oxygen atoms in total. The van der Waals surface area contributed by atoms with E-state index in [1.165, 1.54) is 200 Å². The van der Waals surface area contributed by atoms with Gasteiger partial charge in [0.25, 0.3) is 0 Å². The summed E-state index contributed by atoms with van der Waals surface area (Å²) >= 11 is 0. The molecule has 9 aliphatic rings. The Morgan fingerprint density at radius 3 is 0.529 bits per heavy atom. The summed E-state index contributed by atoms with van der Waals surface area (Å²) in [5.41, 5.74) is 7.28. The Morgan fingerprint density at radius 1 is 0.185 bits per heavy atom. The Hall–Kier alpha value is -0.120. The van der Waals surface area contributed by atoms with Crippen molar-refractivity contribution in [3.05, 3.63) is 0 Å². The molecule has 1 atom stereocenters. The number of rotatable bonds is 14. The zero-order valence-corrected chi connectivity index (χ0v) is 96.0. The largest absolute Gasteiger partial charge is 0.316 e. The summed E-state index contributed by atoms with van der Waals surface area (Å²) in [4.78, 5) is 0. The molecule has 0 spiro atoms. The van der Waals surface area contributed by atoms with Crippen LogP contribution >= 0.6 is 0 Å². The summed E-state index contributed by atoms with van der Waals surface area (Å²) in [5, 5.41) is 10.7. The van der Waals surface area contributed by atoms with E-state index in [1.54, 1.807) is 0 Å². The first-order valence-electron chi connectivity index (χ1n) is 54.3. The lowest BCUT2D eigenvalue weighted by Gasteiger charge is -2.54. The molecule has 732 valence electrons. The summed E-state index contributed by atoms with van der Waals surface area (Å²) in [6.45, 7) is 136. The average molecular weight is 1690 g/mol. The predicted molar refractivity (Wildman–Crippen MR) is 564 cm³/mol. The van der Waals surface area contributed by atoms with Crippen molar-refractivity contribution in [1.82, 2.24) is 16.0 Å². The van der Waals surface area contributed by atoms with E-state index in [9.17, 15) is 0 Å². The fourth-order valence-corrected chi connectivity index (χ4v) is 24.2. The highest BCUT2D eigenvalue weighted by molar-refractivity contribution is 5.06. The Bertz CT molecular complexity index is 1930. The average Bonchev–Trinajstić information content (AvgIpc) is 1.64. The van der Waals surface area contributed by atoms with Gasteiger partial charge in [0.15, 0.2) is 0 Å². The third-order valence-electron chi connectivity index (χ3n) is 33.4. The van der Waals surface area contributed by atoms with Crippen LogP contribution in [0, 0.1) is 142 Å². The highest BCUT2D eigenvalue weighted by atomic mass is 15.1. The fourth-order valence-electron chi connectivity index (χ4n) is 24.2. The predicted octanol–water partition coefficient (Wildman–Crippen LogP) is 40.3. The van der Waals surface area contributed by atoms with Gasteiger partial charge in [0.1, 0.15) is 0 Å². The lowest BCUT2D eigenvalue weighted by molar-refractivity contribution is -0.0462. The summed E-state index contributed by atoms with van der Waals surface area (Å²) in [7, 11) is 0. The van der Waals surface area contributed by atoms with Crippen molar-refractivity contribution in [2.24, 2.45) is 142 Å². The van der Waals surface area contributed by atoms with Gasteiger partial charge >= 0.3 is 0 Å². The van der Waals surface area contributed by atoms with Gasteiger partial charge < -0.3 is 16.0 Å². The Labute approximate surface area is 765 Å². The molecular weight excluding hydrogens is 1440 g/mol. The third-order valence-corrected chi connectivity index (χ3v) is 33.4. The van der Waals surface area contributed by atoms with Crippen LogP contribution in [-0.4, -0.2) is 37.3 Å². The van der Waals surface area contributed by atoms with E-state index in [1.807, 2.05) is 125 Å². The maximum atomic E-state index is 3.71. The molecule has 9 fully saturated rings. The smallest absolute Gasteiger partial charge is 0.0253 e. The minimum atomic E-state index is 0.382. The van der Waals surface area contributed by atoms with Gasteiger partial charge in [-0.3, -0.25) is 0 Å². The van der Waals surface area contributed by atoms with Gasteiger partial charge in [0, 0.05) is 17.6 Å². The first-order chi connectivity index (χ1) is 55.1. The first kappa shape index (κ1) is 137. The van der Waals surface area contributed by atoms with Gasteiger partial charge in [-0.2, -0.15) is 0 Å². The van der Waals surface area contributed by atoms with Gasteiger partial charge in [0.2, 0.25) is 0 Å². The lowest BCUT2D eigenvalue weighted by atomic mass is 9.51. The first-order valence-corrected chi connectivity index (χ1v) is 54.3. The number of hydrogen-bond donors (Lipinski definition) is 3. The van der Waals surface area contributed by atoms with E-state index < -0.39 is 0 Å². The van der Waals surface area contributed by atoms with Crippen LogP contribution in [0.25, 0.3) is 0 Å². The molecular formula is C116H253N3. The minimum absolute atomic E-state index is 0.382. The van der Waals surface area contributed by atoms with Gasteiger partial charge in [-0.25, -0.2) is 0 Å². The van der Waals surface area contributed by atoms with Crippen LogP contribution in [0.15, 0.2) is 0 Å². The van der Waals surface area contributed by atoms with E-state index in [0.29, 0.717) is 59.8 Å². The molecule has 3 aliphatic heterocycles. The van der Waals surface area contributed by atoms with Crippen LogP contribution in [0.1, 0.15) is 575 Å². The summed E-state index contributed by atoms with van der Waals surface area (Å²) < 4.78 is 0. The summed E-state index contributed by atoms with van der Waals surface area (Å²) in [6.07, 6.45) is 39.0. The normalized spacial score (nSPS) is 21.2. The Morgan fingerprint density at radius 2 is 0.429 bits per heavy atom. The quantitative estimate of drug-likeness (QED) is 0.152. The van der Waals surface area contributed by atoms with Crippen LogP contribution in [0.4, 0.5) is 0 Å². The van der Waals surface area contributed by atoms with Crippen LogP contribution in [0.5, 0.6) is 0 Å². The van der Waals surface area contributed by atoms with Crippen LogP contribution < -0.4 is 16.0 Å². The zero-order chi connectivity index (χ0) is 96.6. The molecule has 6 saturated carbocycles. The second-order valence-electron chi connectivity index (χ2n) is 45.1. The topological polar surface area (TPSA) is 36.1 Å². The van der Waals surface area contributed by atoms with E-state index in [0.717, 1.165) is 93.7 Å². The van der Waals surface area contributed by atoms with E-state index >= 15 is 0 Å². The molecule has 0 amide bonds. The van der Waals surface area contributed by atoms with Gasteiger partial charge in [-0.15, -0.1) is 0 Å². The van der Waals surface area contributed by atoms with Gasteiger partial charge in [-0.05, 0) is 265 Å². The van der Waals surface area contributed by atoms with Gasteiger partial charge in [0.05, 0.1) is 0 Å². The molecule has 1 unspecified atom stereocenters. The molecule has 0 aromatic heterocycles. The molecule has 0 radical (unpaired) electrons. The van der Waals surface area contributed by atoms with Crippen molar-refractivity contribution in [1.29, 1.82) is 0 Å². The van der Waals surface area contributed by atoms with Crippen molar-refractivity contribution in [3.8, 4) is 0 Å². The molecule has 3 heteroatoms. The highest BCUT2D eigenvalue weighted by Gasteiger charge is 2.54. The van der Waals surface area contributed by atoms with Crippen molar-refractivity contribution in [3.63, 3.8) is 0 Å². The number of hydrogen-bond acceptors (Lipinski definition) is 3. The second kappa shape index (κ2) is 68.0. The zero-order valence-electron chi connectivity index (χ0n) is 96.0.